The number of benzene rings is 9. The predicted octanol–water partition coefficient (Wildman–Crippen LogP) is 15.2. The van der Waals surface area contributed by atoms with Gasteiger partial charge in [0.15, 0.2) is 0 Å². The maximum absolute atomic E-state index is 6.43. The lowest BCUT2D eigenvalue weighted by Crippen LogP contribution is -2.02. The molecule has 4 nitrogen and oxygen atoms in total. The molecule has 0 unspecified atom stereocenters. The fraction of sp³-hybridized carbons (Fsp3) is 0. The standard InChI is InChI=1S/C54H33N3OS/c1-2-13-36(14-3-1)57-48-20-6-4-17-42(48)45-19-10-21-49(54(45)57)56-38-16-9-12-35(30-38)34-11-8-15-37(29-34)55(41-23-26-44-43-18-5-7-22-50(43)58-51(44)33-41)39-24-27-52-46(31-39)47-32-40(56)25-28-53(47)59-52/h1-33H. The molecule has 0 saturated carbocycles. The largest absolute Gasteiger partial charge is 0.456 e. The van der Waals surface area contributed by atoms with E-state index in [0.717, 1.165) is 71.8 Å². The van der Waals surface area contributed by atoms with Crippen molar-refractivity contribution in [1.82, 2.24) is 13.7 Å². The van der Waals surface area contributed by atoms with E-state index >= 15 is 0 Å². The van der Waals surface area contributed by atoms with Crippen molar-refractivity contribution < 1.29 is 4.42 Å². The summed E-state index contributed by atoms with van der Waals surface area (Å²) in [5, 5.41) is 9.45. The number of furan rings is 1. The van der Waals surface area contributed by atoms with Crippen LogP contribution in [0, 0.1) is 0 Å². The second-order valence-electron chi connectivity index (χ2n) is 15.4. The van der Waals surface area contributed by atoms with Gasteiger partial charge in [-0.05, 0) is 114 Å². The van der Waals surface area contributed by atoms with Gasteiger partial charge in [-0.2, -0.15) is 0 Å². The first-order valence-corrected chi connectivity index (χ1v) is 20.8. The Morgan fingerprint density at radius 3 is 1.73 bits per heavy atom. The minimum Gasteiger partial charge on any atom is -0.456 e. The van der Waals surface area contributed by atoms with Crippen LogP contribution < -0.4 is 0 Å². The molecule has 0 saturated heterocycles. The first kappa shape index (κ1) is 32.5. The minimum absolute atomic E-state index is 0.875. The van der Waals surface area contributed by atoms with E-state index in [1.54, 1.807) is 0 Å². The third kappa shape index (κ3) is 4.89. The molecule has 0 aliphatic carbocycles. The van der Waals surface area contributed by atoms with Gasteiger partial charge >= 0.3 is 0 Å². The van der Waals surface area contributed by atoms with Crippen molar-refractivity contribution in [1.29, 1.82) is 0 Å². The summed E-state index contributed by atoms with van der Waals surface area (Å²) in [6.45, 7) is 0. The van der Waals surface area contributed by atoms with Gasteiger partial charge in [0, 0.05) is 81.2 Å². The molecule has 4 heterocycles. The van der Waals surface area contributed by atoms with Crippen molar-refractivity contribution in [2.45, 2.75) is 0 Å². The Morgan fingerprint density at radius 2 is 0.949 bits per heavy atom. The summed E-state index contributed by atoms with van der Waals surface area (Å²) < 4.78 is 16.2. The first-order valence-electron chi connectivity index (χ1n) is 20.0. The minimum atomic E-state index is 0.875. The SMILES string of the molecule is c1ccc(-n2c3ccccc3c3cccc(-n4c5cccc(c5)c5cccc(c5)n(-c5ccc6c(c5)oc5ccccc56)c5ccc6sc7ccc4cc7c6c5)c32)cc1. The zero-order chi connectivity index (χ0) is 38.6. The molecule has 0 aliphatic heterocycles. The van der Waals surface area contributed by atoms with Crippen molar-refractivity contribution in [3.05, 3.63) is 200 Å². The highest BCUT2D eigenvalue weighted by Crippen LogP contribution is 2.40. The molecule has 59 heavy (non-hydrogen) atoms. The molecule has 5 heteroatoms. The zero-order valence-corrected chi connectivity index (χ0v) is 32.5. The Morgan fingerprint density at radius 1 is 0.339 bits per heavy atom. The van der Waals surface area contributed by atoms with Gasteiger partial charge in [0.25, 0.3) is 0 Å². The highest BCUT2D eigenvalue weighted by atomic mass is 32.1. The van der Waals surface area contributed by atoms with E-state index in [4.69, 9.17) is 4.42 Å². The van der Waals surface area contributed by atoms with Gasteiger partial charge in [0.1, 0.15) is 11.2 Å². The highest BCUT2D eigenvalue weighted by Gasteiger charge is 2.18. The second kappa shape index (κ2) is 12.4. The van der Waals surface area contributed by atoms with Gasteiger partial charge in [-0.3, -0.25) is 0 Å². The van der Waals surface area contributed by atoms with Crippen LogP contribution in [0.15, 0.2) is 205 Å². The monoisotopic (exact) mass is 771 g/mol. The molecule has 0 aliphatic rings. The average molecular weight is 772 g/mol. The number of fused-ring (bicyclic) bond motifs is 13. The normalized spacial score (nSPS) is 12.1. The number of thiophene rings is 1. The summed E-state index contributed by atoms with van der Waals surface area (Å²) in [5.74, 6) is 0. The van der Waals surface area contributed by atoms with Gasteiger partial charge in [0.05, 0.1) is 16.7 Å². The van der Waals surface area contributed by atoms with Gasteiger partial charge in [-0.15, -0.1) is 11.3 Å². The third-order valence-corrected chi connectivity index (χ3v) is 13.2. The number of aromatic nitrogens is 3. The molecule has 0 fully saturated rings. The van der Waals surface area contributed by atoms with Crippen molar-refractivity contribution in [3.63, 3.8) is 0 Å². The molecule has 13 aromatic rings. The summed E-state index contributed by atoms with van der Waals surface area (Å²) in [6, 6.07) is 73.0. The zero-order valence-electron chi connectivity index (χ0n) is 31.7. The lowest BCUT2D eigenvalue weighted by molar-refractivity contribution is 0.668. The smallest absolute Gasteiger partial charge is 0.137 e. The van der Waals surface area contributed by atoms with Crippen LogP contribution in [0.5, 0.6) is 0 Å². The molecule has 8 bridgehead atoms. The number of hydrogen-bond acceptors (Lipinski definition) is 2. The molecule has 0 amide bonds. The molecule has 0 spiro atoms. The topological polar surface area (TPSA) is 27.9 Å². The average Bonchev–Trinajstić information content (AvgIpc) is 3.96. The van der Waals surface area contributed by atoms with Crippen LogP contribution >= 0.6 is 11.3 Å². The van der Waals surface area contributed by atoms with Gasteiger partial charge < -0.3 is 18.1 Å². The van der Waals surface area contributed by atoms with E-state index in [1.165, 1.54) is 42.0 Å². The molecule has 4 aromatic heterocycles. The quantitative estimate of drug-likeness (QED) is 0.176. The van der Waals surface area contributed by atoms with Crippen molar-refractivity contribution in [2.24, 2.45) is 0 Å². The number of para-hydroxylation sites is 4. The van der Waals surface area contributed by atoms with Gasteiger partial charge in [-0.1, -0.05) is 91.0 Å². The molecule has 0 atom stereocenters. The number of rotatable bonds is 3. The maximum Gasteiger partial charge on any atom is 0.137 e. The van der Waals surface area contributed by atoms with E-state index in [2.05, 4.69) is 202 Å². The van der Waals surface area contributed by atoms with Crippen LogP contribution in [0.1, 0.15) is 0 Å². The van der Waals surface area contributed by atoms with Crippen molar-refractivity contribution in [3.8, 4) is 17.1 Å². The Bertz CT molecular complexity index is 3910. The maximum atomic E-state index is 6.43. The molecule has 0 radical (unpaired) electrons. The molecule has 276 valence electrons. The van der Waals surface area contributed by atoms with E-state index in [-0.39, 0.29) is 0 Å². The molecule has 0 N–H and O–H groups in total. The van der Waals surface area contributed by atoms with E-state index < -0.39 is 0 Å². The summed E-state index contributed by atoms with van der Waals surface area (Å²) >= 11 is 1.85. The van der Waals surface area contributed by atoms with Crippen LogP contribution in [0.2, 0.25) is 0 Å². The molecular weight excluding hydrogens is 739 g/mol. The number of hydrogen-bond donors (Lipinski definition) is 0. The van der Waals surface area contributed by atoms with Crippen molar-refractivity contribution >= 4 is 108 Å². The van der Waals surface area contributed by atoms with E-state index in [1.807, 2.05) is 23.5 Å². The summed E-state index contributed by atoms with van der Waals surface area (Å²) in [5.41, 5.74) is 11.8. The summed E-state index contributed by atoms with van der Waals surface area (Å²) in [6.07, 6.45) is 0. The van der Waals surface area contributed by atoms with Crippen LogP contribution in [0.4, 0.5) is 0 Å². The van der Waals surface area contributed by atoms with Gasteiger partial charge in [-0.25, -0.2) is 0 Å². The first-order chi connectivity index (χ1) is 29.2. The molecule has 9 aromatic carbocycles. The number of nitrogens with zero attached hydrogens (tertiary/aromatic N) is 3. The molecule has 13 rings (SSSR count). The molecular formula is C54H33N3OS. The van der Waals surface area contributed by atoms with Gasteiger partial charge in [0.2, 0.25) is 0 Å². The van der Waals surface area contributed by atoms with Crippen LogP contribution in [0.3, 0.4) is 0 Å². The van der Waals surface area contributed by atoms with Crippen LogP contribution in [-0.2, 0) is 0 Å². The fourth-order valence-corrected chi connectivity index (χ4v) is 10.5. The predicted molar refractivity (Wildman–Crippen MR) is 250 cm³/mol. The third-order valence-electron chi connectivity index (χ3n) is 12.0. The fourth-order valence-electron chi connectivity index (χ4n) is 9.43. The Hall–Kier alpha value is -7.60. The van der Waals surface area contributed by atoms with Crippen LogP contribution in [-0.4, -0.2) is 13.7 Å². The lowest BCUT2D eigenvalue weighted by atomic mass is 10.1. The second-order valence-corrected chi connectivity index (χ2v) is 16.5. The van der Waals surface area contributed by atoms with Crippen molar-refractivity contribution in [2.75, 3.05) is 0 Å². The van der Waals surface area contributed by atoms with E-state index in [9.17, 15) is 0 Å². The summed E-state index contributed by atoms with van der Waals surface area (Å²) in [4.78, 5) is 0. The Balaban J connectivity index is 1.18. The Labute approximate surface area is 341 Å². The summed E-state index contributed by atoms with van der Waals surface area (Å²) in [7, 11) is 0. The van der Waals surface area contributed by atoms with Crippen LogP contribution in [0.25, 0.3) is 114 Å². The lowest BCUT2D eigenvalue weighted by Gasteiger charge is -2.16. The Kier molecular flexibility index (Phi) is 6.85. The van der Waals surface area contributed by atoms with E-state index in [0.29, 0.717) is 0 Å². The highest BCUT2D eigenvalue weighted by molar-refractivity contribution is 7.25.